The van der Waals surface area contributed by atoms with Gasteiger partial charge in [-0.15, -0.1) is 0 Å². The molecule has 3 rings (SSSR count). The summed E-state index contributed by atoms with van der Waals surface area (Å²) in [4.78, 5) is 22.4. The van der Waals surface area contributed by atoms with E-state index in [9.17, 15) is 15.0 Å². The van der Waals surface area contributed by atoms with E-state index >= 15 is 0 Å². The number of nitrogens with one attached hydrogen (secondary N) is 1. The molecular weight excluding hydrogens is 250 g/mol. The number of aromatic nitrogens is 4. The van der Waals surface area contributed by atoms with E-state index < -0.39 is 0 Å². The van der Waals surface area contributed by atoms with Gasteiger partial charge in [-0.3, -0.25) is 9.78 Å². The fraction of sp³-hybridized carbons (Fsp3) is 0.545. The minimum Gasteiger partial charge on any atom is -0.396 e. The lowest BCUT2D eigenvalue weighted by Gasteiger charge is -2.43. The Morgan fingerprint density at radius 2 is 2.26 bits per heavy atom. The smallest absolute Gasteiger partial charge is 0.278 e. The fourth-order valence-electron chi connectivity index (χ4n) is 2.80. The predicted octanol–water partition coefficient (Wildman–Crippen LogP) is -1.14. The predicted molar refractivity (Wildman–Crippen MR) is 67.4 cm³/mol. The zero-order valence-electron chi connectivity index (χ0n) is 10.2. The van der Waals surface area contributed by atoms with Crippen molar-refractivity contribution < 1.29 is 10.2 Å². The van der Waals surface area contributed by atoms with Crippen LogP contribution < -0.4 is 11.3 Å². The number of hydrogen-bond acceptors (Lipinski definition) is 6. The lowest BCUT2D eigenvalue weighted by atomic mass is 9.70. The minimum absolute atomic E-state index is 0.0308. The summed E-state index contributed by atoms with van der Waals surface area (Å²) in [6.45, 7) is 0.00574. The van der Waals surface area contributed by atoms with E-state index in [-0.39, 0.29) is 42.6 Å². The molecule has 0 amide bonds. The van der Waals surface area contributed by atoms with Crippen molar-refractivity contribution in [2.45, 2.75) is 12.5 Å². The van der Waals surface area contributed by atoms with E-state index in [1.54, 1.807) is 4.57 Å². The molecule has 8 nitrogen and oxygen atoms in total. The van der Waals surface area contributed by atoms with Gasteiger partial charge in [-0.1, -0.05) is 0 Å². The maximum absolute atomic E-state index is 11.9. The number of hydrogen-bond donors (Lipinski definition) is 4. The summed E-state index contributed by atoms with van der Waals surface area (Å²) in [5.41, 5.74) is 5.77. The summed E-state index contributed by atoms with van der Waals surface area (Å²) < 4.78 is 1.72. The van der Waals surface area contributed by atoms with Crippen LogP contribution in [0.5, 0.6) is 0 Å². The zero-order chi connectivity index (χ0) is 13.6. The zero-order valence-corrected chi connectivity index (χ0v) is 10.2. The normalized spacial score (nSPS) is 26.5. The van der Waals surface area contributed by atoms with Gasteiger partial charge >= 0.3 is 0 Å². The van der Waals surface area contributed by atoms with Crippen LogP contribution in [0.4, 0.5) is 5.95 Å². The third-order valence-electron chi connectivity index (χ3n) is 3.90. The number of imidazole rings is 1. The van der Waals surface area contributed by atoms with E-state index in [2.05, 4.69) is 15.0 Å². The van der Waals surface area contributed by atoms with Crippen molar-refractivity contribution in [3.63, 3.8) is 0 Å². The van der Waals surface area contributed by atoms with E-state index in [1.807, 2.05) is 0 Å². The van der Waals surface area contributed by atoms with Crippen LogP contribution in [-0.4, -0.2) is 42.9 Å². The Kier molecular flexibility index (Phi) is 2.76. The van der Waals surface area contributed by atoms with Crippen LogP contribution in [0.2, 0.25) is 0 Å². The lowest BCUT2D eigenvalue weighted by molar-refractivity contribution is -0.00515. The Labute approximate surface area is 107 Å². The van der Waals surface area contributed by atoms with Crippen molar-refractivity contribution in [3.8, 4) is 0 Å². The molecule has 0 saturated heterocycles. The third-order valence-corrected chi connectivity index (χ3v) is 3.90. The first-order valence-electron chi connectivity index (χ1n) is 6.09. The average Bonchev–Trinajstić information content (AvgIpc) is 2.73. The molecular formula is C11H15N5O3. The molecule has 1 aliphatic carbocycles. The number of H-pyrrole nitrogens is 1. The van der Waals surface area contributed by atoms with Gasteiger partial charge in [-0.2, -0.15) is 4.98 Å². The van der Waals surface area contributed by atoms with Gasteiger partial charge in [0.1, 0.15) is 0 Å². The van der Waals surface area contributed by atoms with E-state index in [0.29, 0.717) is 17.6 Å². The molecule has 2 aromatic heterocycles. The van der Waals surface area contributed by atoms with Gasteiger partial charge in [0.05, 0.1) is 6.33 Å². The number of aliphatic hydroxyl groups is 2. The van der Waals surface area contributed by atoms with E-state index in [1.165, 1.54) is 6.33 Å². The molecule has 0 spiro atoms. The molecule has 0 radical (unpaired) electrons. The first-order chi connectivity index (χ1) is 9.15. The van der Waals surface area contributed by atoms with Gasteiger partial charge in [0.2, 0.25) is 5.95 Å². The second-order valence-electron chi connectivity index (χ2n) is 4.87. The van der Waals surface area contributed by atoms with Gasteiger partial charge in [-0.05, 0) is 12.3 Å². The Balaban J connectivity index is 2.05. The summed E-state index contributed by atoms with van der Waals surface area (Å²) in [6, 6.07) is -0.0429. The molecule has 0 bridgehead atoms. The highest BCUT2D eigenvalue weighted by molar-refractivity contribution is 5.70. The molecule has 2 aromatic rings. The summed E-state index contributed by atoms with van der Waals surface area (Å²) in [5.74, 6) is 0.0240. The molecule has 2 heterocycles. The van der Waals surface area contributed by atoms with Crippen molar-refractivity contribution in [3.05, 3.63) is 16.7 Å². The van der Waals surface area contributed by atoms with Crippen molar-refractivity contribution in [2.24, 2.45) is 11.8 Å². The minimum atomic E-state index is -0.343. The molecule has 1 saturated carbocycles. The number of aliphatic hydroxyl groups excluding tert-OH is 2. The molecule has 0 aliphatic heterocycles. The number of nitrogens with two attached hydrogens (primary N) is 1. The summed E-state index contributed by atoms with van der Waals surface area (Å²) >= 11 is 0. The van der Waals surface area contributed by atoms with Gasteiger partial charge in [0.15, 0.2) is 11.2 Å². The number of rotatable bonds is 3. The van der Waals surface area contributed by atoms with Gasteiger partial charge in [0, 0.05) is 25.2 Å². The average molecular weight is 265 g/mol. The first kappa shape index (κ1) is 12.1. The standard InChI is InChI=1S/C11H15N5O3/c12-11-14-9-8(10(19)15-11)16(4-13-9)7-1-5(2-17)6(7)3-18/h4-7,17-18H,1-3H2,(H3,12,14,15,19)/t5-,6-,7+/m1/s1. The monoisotopic (exact) mass is 265 g/mol. The molecule has 0 aromatic carbocycles. The molecule has 1 aliphatic rings. The van der Waals surface area contributed by atoms with Crippen LogP contribution in [-0.2, 0) is 0 Å². The lowest BCUT2D eigenvalue weighted by Crippen LogP contribution is -2.42. The molecule has 19 heavy (non-hydrogen) atoms. The van der Waals surface area contributed by atoms with Gasteiger partial charge in [0.25, 0.3) is 5.56 Å². The Morgan fingerprint density at radius 3 is 2.95 bits per heavy atom. The fourth-order valence-corrected chi connectivity index (χ4v) is 2.80. The first-order valence-corrected chi connectivity index (χ1v) is 6.09. The van der Waals surface area contributed by atoms with Gasteiger partial charge in [-0.25, -0.2) is 4.98 Å². The number of aromatic amines is 1. The van der Waals surface area contributed by atoms with Gasteiger partial charge < -0.3 is 20.5 Å². The highest BCUT2D eigenvalue weighted by Gasteiger charge is 2.42. The largest absolute Gasteiger partial charge is 0.396 e. The van der Waals surface area contributed by atoms with E-state index in [4.69, 9.17) is 5.73 Å². The molecule has 0 unspecified atom stereocenters. The Morgan fingerprint density at radius 1 is 1.47 bits per heavy atom. The molecule has 102 valence electrons. The van der Waals surface area contributed by atoms with Crippen LogP contribution in [0, 0.1) is 11.8 Å². The molecule has 8 heteroatoms. The quantitative estimate of drug-likeness (QED) is 0.555. The second kappa shape index (κ2) is 4.32. The SMILES string of the molecule is Nc1nc2ncn([C@H]3C[C@H](CO)[C@H]3CO)c2c(=O)[nH]1. The maximum Gasteiger partial charge on any atom is 0.278 e. The summed E-state index contributed by atoms with van der Waals surface area (Å²) in [6.07, 6.45) is 2.24. The van der Waals surface area contributed by atoms with Crippen molar-refractivity contribution in [1.82, 2.24) is 19.5 Å². The highest BCUT2D eigenvalue weighted by Crippen LogP contribution is 2.44. The van der Waals surface area contributed by atoms with Crippen LogP contribution in [0.25, 0.3) is 11.2 Å². The number of anilines is 1. The number of nitrogen functional groups attached to an aromatic ring is 1. The topological polar surface area (TPSA) is 130 Å². The van der Waals surface area contributed by atoms with Crippen LogP contribution >= 0.6 is 0 Å². The van der Waals surface area contributed by atoms with Crippen LogP contribution in [0.15, 0.2) is 11.1 Å². The third kappa shape index (κ3) is 1.71. The second-order valence-corrected chi connectivity index (χ2v) is 4.87. The Hall–Kier alpha value is -1.93. The molecule has 1 fully saturated rings. The van der Waals surface area contributed by atoms with Crippen molar-refractivity contribution >= 4 is 17.1 Å². The highest BCUT2D eigenvalue weighted by atomic mass is 16.3. The van der Waals surface area contributed by atoms with E-state index in [0.717, 1.165) is 0 Å². The summed E-state index contributed by atoms with van der Waals surface area (Å²) in [5, 5.41) is 18.6. The molecule has 5 N–H and O–H groups in total. The number of fused-ring (bicyclic) bond motifs is 1. The van der Waals surface area contributed by atoms with Crippen LogP contribution in [0.1, 0.15) is 12.5 Å². The summed E-state index contributed by atoms with van der Waals surface area (Å²) in [7, 11) is 0. The number of nitrogens with zero attached hydrogens (tertiary/aromatic N) is 3. The van der Waals surface area contributed by atoms with Crippen molar-refractivity contribution in [1.29, 1.82) is 0 Å². The molecule has 3 atom stereocenters. The van der Waals surface area contributed by atoms with Crippen molar-refractivity contribution in [2.75, 3.05) is 18.9 Å². The Bertz CT molecular complexity index is 664. The van der Waals surface area contributed by atoms with Crippen LogP contribution in [0.3, 0.4) is 0 Å². The maximum atomic E-state index is 11.9.